The molecular weight excluding hydrogens is 372 g/mol. The molecule has 144 valence electrons. The number of esters is 1. The summed E-state index contributed by atoms with van der Waals surface area (Å²) in [5.74, 6) is -0.973. The van der Waals surface area contributed by atoms with Crippen molar-refractivity contribution in [2.24, 2.45) is 0 Å². The Bertz CT molecular complexity index is 714. The largest absolute Gasteiger partial charge is 0.507 e. The van der Waals surface area contributed by atoms with Crippen molar-refractivity contribution < 1.29 is 33.4 Å². The number of carbonyl (C=O) groups excluding carboxylic acids is 1. The Balaban J connectivity index is 0.00000105. The van der Waals surface area contributed by atoms with Gasteiger partial charge in [-0.05, 0) is 32.3 Å². The zero-order valence-corrected chi connectivity index (χ0v) is 19.8. The second-order valence-corrected chi connectivity index (χ2v) is 9.24. The fourth-order valence-electron chi connectivity index (χ4n) is 2.71. The van der Waals surface area contributed by atoms with E-state index in [0.29, 0.717) is 29.7 Å². The van der Waals surface area contributed by atoms with E-state index in [-0.39, 0.29) is 24.3 Å². The molecule has 2 rings (SSSR count). The summed E-state index contributed by atoms with van der Waals surface area (Å²) in [6.07, 6.45) is 2.68. The lowest BCUT2D eigenvalue weighted by molar-refractivity contribution is -0.136. The van der Waals surface area contributed by atoms with E-state index in [2.05, 4.69) is 4.12 Å². The summed E-state index contributed by atoms with van der Waals surface area (Å²) < 4.78 is 14.9. The number of cyclic esters (lactones) is 1. The second kappa shape index (κ2) is 10.1. The molecule has 0 spiro atoms. The number of rotatable bonds is 6. The van der Waals surface area contributed by atoms with Crippen LogP contribution in [0.1, 0.15) is 46.8 Å². The molecule has 0 radical (unpaired) electrons. The third kappa shape index (κ3) is 5.19. The molecule has 0 saturated heterocycles. The van der Waals surface area contributed by atoms with Gasteiger partial charge in [0.15, 0.2) is 0 Å². The Labute approximate surface area is 159 Å². The average molecular weight is 399 g/mol. The lowest BCUT2D eigenvalue weighted by Crippen LogP contribution is -2.03. The summed E-state index contributed by atoms with van der Waals surface area (Å²) in [4.78, 5) is 22.4. The van der Waals surface area contributed by atoms with Gasteiger partial charge in [0.2, 0.25) is 0 Å². The Morgan fingerprint density at radius 3 is 2.50 bits per heavy atom. The predicted molar refractivity (Wildman–Crippen MR) is 104 cm³/mol. The molecule has 0 fully saturated rings. The molecule has 7 nitrogen and oxygen atoms in total. The number of aliphatic carboxylic acids is 1. The van der Waals surface area contributed by atoms with Crippen molar-refractivity contribution in [3.8, 4) is 11.5 Å². The molecule has 1 aliphatic rings. The number of hydrogen-bond donors (Lipinski definition) is 2. The van der Waals surface area contributed by atoms with Crippen LogP contribution in [0, 0.1) is 6.92 Å². The number of methoxy groups -OCH3 is 1. The van der Waals surface area contributed by atoms with Gasteiger partial charge >= 0.3 is 11.9 Å². The lowest BCUT2D eigenvalue weighted by Gasteiger charge is -2.15. The van der Waals surface area contributed by atoms with E-state index in [0.717, 1.165) is 32.1 Å². The maximum absolute atomic E-state index is 11.8. The highest BCUT2D eigenvalue weighted by atomic mass is 28.3. The number of phenolic OH excluding ortho intramolecular Hbond substituents is 1. The Kier molecular flexibility index (Phi) is 8.56. The number of ether oxygens (including phenoxy) is 2. The molecule has 0 amide bonds. The van der Waals surface area contributed by atoms with Crippen LogP contribution in [-0.2, 0) is 26.7 Å². The molecule has 0 saturated carbocycles. The standard InChI is InChI=1S/C17H20O6.H6OSi2/c1-9(5-7-13(18)19)4-6-11-15(20)14-12(8-23-17(14)21)10(2)16(11)22-3;2-1-3/h4,20H,5-8H2,1-3H3,(H,18,19);2-3H3/b9-4+;. The Morgan fingerprint density at radius 1 is 1.35 bits per heavy atom. The minimum Gasteiger partial charge on any atom is -0.507 e. The van der Waals surface area contributed by atoms with Gasteiger partial charge in [0.05, 0.1) is 7.11 Å². The van der Waals surface area contributed by atoms with E-state index in [1.807, 2.05) is 19.9 Å². The molecule has 1 aromatic rings. The average Bonchev–Trinajstić information content (AvgIpc) is 2.97. The first-order valence-electron chi connectivity index (χ1n) is 8.14. The molecule has 0 unspecified atom stereocenters. The van der Waals surface area contributed by atoms with Crippen LogP contribution >= 0.6 is 0 Å². The highest BCUT2D eigenvalue weighted by molar-refractivity contribution is 6.15. The molecule has 26 heavy (non-hydrogen) atoms. The van der Waals surface area contributed by atoms with Gasteiger partial charge in [-0.2, -0.15) is 0 Å². The topological polar surface area (TPSA) is 102 Å². The first kappa shape index (κ1) is 21.9. The molecule has 0 bridgehead atoms. The van der Waals surface area contributed by atoms with Crippen molar-refractivity contribution in [2.45, 2.75) is 39.7 Å². The van der Waals surface area contributed by atoms with Crippen molar-refractivity contribution in [1.29, 1.82) is 0 Å². The summed E-state index contributed by atoms with van der Waals surface area (Å²) >= 11 is 0. The maximum atomic E-state index is 11.8. The SMILES string of the molecule is COc1c(C)c2c(c(O)c1C/C=C(\C)CCC(=O)O)C(=O)OC2.[SiH3]O[SiH3]. The third-order valence-electron chi connectivity index (χ3n) is 4.04. The van der Waals surface area contributed by atoms with Gasteiger partial charge in [0, 0.05) is 17.5 Å². The van der Waals surface area contributed by atoms with Crippen LogP contribution in [0.4, 0.5) is 0 Å². The van der Waals surface area contributed by atoms with Gasteiger partial charge < -0.3 is 23.8 Å². The van der Waals surface area contributed by atoms with Gasteiger partial charge in [0.25, 0.3) is 0 Å². The number of hydrogen-bond acceptors (Lipinski definition) is 6. The van der Waals surface area contributed by atoms with Gasteiger partial charge in [-0.3, -0.25) is 4.79 Å². The van der Waals surface area contributed by atoms with Gasteiger partial charge in [0.1, 0.15) is 44.6 Å². The third-order valence-corrected chi connectivity index (χ3v) is 4.04. The first-order chi connectivity index (χ1) is 12.3. The molecular formula is C17H26O7Si2. The lowest BCUT2D eigenvalue weighted by atomic mass is 9.94. The number of allylic oxidation sites excluding steroid dienone is 2. The normalized spacial score (nSPS) is 13.0. The van der Waals surface area contributed by atoms with Crippen molar-refractivity contribution in [1.82, 2.24) is 0 Å². The van der Waals surface area contributed by atoms with Crippen molar-refractivity contribution >= 4 is 32.9 Å². The number of phenols is 1. The molecule has 0 aliphatic carbocycles. The molecule has 9 heteroatoms. The molecule has 1 aliphatic heterocycles. The van der Waals surface area contributed by atoms with Gasteiger partial charge in [-0.25, -0.2) is 4.79 Å². The van der Waals surface area contributed by atoms with E-state index >= 15 is 0 Å². The number of carboxylic acid groups (broad SMARTS) is 1. The zero-order chi connectivity index (χ0) is 19.9. The van der Waals surface area contributed by atoms with Crippen LogP contribution < -0.4 is 4.74 Å². The van der Waals surface area contributed by atoms with Crippen molar-refractivity contribution in [3.63, 3.8) is 0 Å². The smallest absolute Gasteiger partial charge is 0.342 e. The quantitative estimate of drug-likeness (QED) is 0.403. The highest BCUT2D eigenvalue weighted by Crippen LogP contribution is 2.41. The summed E-state index contributed by atoms with van der Waals surface area (Å²) in [6, 6.07) is 0. The minimum atomic E-state index is -0.853. The first-order valence-corrected chi connectivity index (χ1v) is 9.77. The Hall–Kier alpha value is -2.11. The van der Waals surface area contributed by atoms with Crippen LogP contribution in [0.25, 0.3) is 0 Å². The molecule has 0 atom stereocenters. The van der Waals surface area contributed by atoms with Crippen LogP contribution in [0.3, 0.4) is 0 Å². The van der Waals surface area contributed by atoms with E-state index < -0.39 is 11.9 Å². The predicted octanol–water partition coefficient (Wildman–Crippen LogP) is 0.297. The van der Waals surface area contributed by atoms with Crippen molar-refractivity contribution in [3.05, 3.63) is 33.9 Å². The van der Waals surface area contributed by atoms with Crippen LogP contribution in [0.2, 0.25) is 0 Å². The molecule has 0 aromatic heterocycles. The van der Waals surface area contributed by atoms with E-state index in [9.17, 15) is 14.7 Å². The van der Waals surface area contributed by atoms with E-state index in [1.54, 1.807) is 0 Å². The summed E-state index contributed by atoms with van der Waals surface area (Å²) in [7, 11) is 3.37. The summed E-state index contributed by atoms with van der Waals surface area (Å²) in [5.41, 5.74) is 3.04. The fourth-order valence-corrected chi connectivity index (χ4v) is 2.71. The Morgan fingerprint density at radius 2 is 1.96 bits per heavy atom. The maximum Gasteiger partial charge on any atom is 0.342 e. The van der Waals surface area contributed by atoms with Crippen LogP contribution in [0.15, 0.2) is 11.6 Å². The second-order valence-electron chi connectivity index (χ2n) is 5.97. The monoisotopic (exact) mass is 398 g/mol. The molecule has 2 N–H and O–H groups in total. The number of carbonyl (C=O) groups is 2. The summed E-state index contributed by atoms with van der Waals surface area (Å²) in [5, 5.41) is 19.1. The number of fused-ring (bicyclic) bond motifs is 1. The van der Waals surface area contributed by atoms with Crippen molar-refractivity contribution in [2.75, 3.05) is 7.11 Å². The summed E-state index contributed by atoms with van der Waals surface area (Å²) in [6.45, 7) is 3.79. The van der Waals surface area contributed by atoms with Gasteiger partial charge in [-0.1, -0.05) is 11.6 Å². The minimum absolute atomic E-state index is 0.0565. The van der Waals surface area contributed by atoms with Crippen LogP contribution in [0.5, 0.6) is 11.5 Å². The molecule has 1 heterocycles. The number of benzene rings is 1. The van der Waals surface area contributed by atoms with E-state index in [1.165, 1.54) is 7.11 Å². The zero-order valence-electron chi connectivity index (χ0n) is 15.8. The number of carboxylic acids is 1. The fraction of sp³-hybridized carbons (Fsp3) is 0.412. The van der Waals surface area contributed by atoms with E-state index in [4.69, 9.17) is 14.6 Å². The van der Waals surface area contributed by atoms with Gasteiger partial charge in [-0.15, -0.1) is 0 Å². The highest BCUT2D eigenvalue weighted by Gasteiger charge is 2.31. The van der Waals surface area contributed by atoms with Crippen LogP contribution in [-0.4, -0.2) is 50.2 Å². The number of aromatic hydroxyl groups is 1. The molecule has 1 aromatic carbocycles.